The number of urea groups is 1. The van der Waals surface area contributed by atoms with E-state index >= 15 is 0 Å². The van der Waals surface area contributed by atoms with E-state index in [1.807, 2.05) is 14.1 Å². The number of nitrogens with one attached hydrogen (secondary N) is 5. The largest absolute Gasteiger partial charge is 0.379 e. The maximum Gasteiger partial charge on any atom is 0.316 e. The van der Waals surface area contributed by atoms with Crippen LogP contribution in [0.3, 0.4) is 0 Å². The number of fused-ring (bicyclic) bond motifs is 1. The van der Waals surface area contributed by atoms with Gasteiger partial charge in [-0.25, -0.2) is 4.79 Å². The summed E-state index contributed by atoms with van der Waals surface area (Å²) >= 11 is 1.78. The molecule has 0 aliphatic carbocycles. The first-order valence-corrected chi connectivity index (χ1v) is 17.9. The van der Waals surface area contributed by atoms with Crippen LogP contribution in [-0.2, 0) is 28.6 Å². The van der Waals surface area contributed by atoms with Crippen molar-refractivity contribution in [3.05, 3.63) is 0 Å². The lowest BCUT2D eigenvalue weighted by atomic mass is 9.96. The highest BCUT2D eigenvalue weighted by molar-refractivity contribution is 8.00. The average Bonchev–Trinajstić information content (AvgIpc) is 3.47. The van der Waals surface area contributed by atoms with Crippen LogP contribution in [0.15, 0.2) is 0 Å². The Morgan fingerprint density at radius 2 is 1.30 bits per heavy atom. The Morgan fingerprint density at radius 3 is 1.87 bits per heavy atom. The van der Waals surface area contributed by atoms with Crippen molar-refractivity contribution in [1.82, 2.24) is 31.5 Å². The molecule has 14 nitrogen and oxygen atoms in total. The lowest BCUT2D eigenvalue weighted by Crippen LogP contribution is -2.61. The van der Waals surface area contributed by atoms with Crippen molar-refractivity contribution >= 4 is 35.5 Å². The van der Waals surface area contributed by atoms with Gasteiger partial charge in [0.25, 0.3) is 0 Å². The Hall–Kier alpha value is -2.17. The molecule has 0 radical (unpaired) electrons. The summed E-state index contributed by atoms with van der Waals surface area (Å²) in [5.41, 5.74) is 5.73. The third-order valence-corrected chi connectivity index (χ3v) is 9.36. The second-order valence-electron chi connectivity index (χ2n) is 12.1. The van der Waals surface area contributed by atoms with Crippen molar-refractivity contribution in [2.24, 2.45) is 5.73 Å². The number of nitrogens with zero attached hydrogens (tertiary/aromatic N) is 1. The van der Waals surface area contributed by atoms with E-state index in [1.165, 1.54) is 0 Å². The predicted molar refractivity (Wildman–Crippen MR) is 179 cm³/mol. The molecule has 266 valence electrons. The first kappa shape index (κ1) is 40.0. The summed E-state index contributed by atoms with van der Waals surface area (Å²) in [6.45, 7) is 5.81. The zero-order chi connectivity index (χ0) is 33.5. The second kappa shape index (κ2) is 24.0. The zero-order valence-corrected chi connectivity index (χ0v) is 28.8. The number of ether oxygens (including phenoxy) is 3. The molecule has 2 rings (SSSR count). The molecule has 0 aromatic heterocycles. The topological polar surface area (TPSA) is 185 Å². The molecule has 0 unspecified atom stereocenters. The van der Waals surface area contributed by atoms with Crippen molar-refractivity contribution in [2.75, 3.05) is 85.7 Å². The fourth-order valence-corrected chi connectivity index (χ4v) is 6.79. The zero-order valence-electron chi connectivity index (χ0n) is 28.0. The molecule has 2 fully saturated rings. The highest BCUT2D eigenvalue weighted by atomic mass is 32.2. The van der Waals surface area contributed by atoms with Gasteiger partial charge >= 0.3 is 6.03 Å². The Labute approximate surface area is 279 Å². The highest BCUT2D eigenvalue weighted by Crippen LogP contribution is 2.38. The number of hydrogen-bond donors (Lipinski definition) is 6. The van der Waals surface area contributed by atoms with Crippen LogP contribution in [0.25, 0.3) is 0 Å². The third-order valence-electron chi connectivity index (χ3n) is 7.81. The quantitative estimate of drug-likeness (QED) is 0.0510. The van der Waals surface area contributed by atoms with Gasteiger partial charge in [-0.15, -0.1) is 0 Å². The normalized spacial score (nSPS) is 20.3. The van der Waals surface area contributed by atoms with Gasteiger partial charge in [0.05, 0.1) is 32.5 Å². The van der Waals surface area contributed by atoms with Crippen molar-refractivity contribution in [1.29, 1.82) is 0 Å². The smallest absolute Gasteiger partial charge is 0.316 e. The number of carbonyl (C=O) groups excluding carboxylic acids is 4. The monoisotopic (exact) mass is 673 g/mol. The van der Waals surface area contributed by atoms with E-state index in [1.54, 1.807) is 11.8 Å². The average molecular weight is 674 g/mol. The summed E-state index contributed by atoms with van der Waals surface area (Å²) in [4.78, 5) is 49.5. The second-order valence-corrected chi connectivity index (χ2v) is 13.3. The van der Waals surface area contributed by atoms with Gasteiger partial charge in [-0.05, 0) is 65.6 Å². The summed E-state index contributed by atoms with van der Waals surface area (Å²) in [7, 11) is 4.07. The van der Waals surface area contributed by atoms with E-state index in [9.17, 15) is 19.2 Å². The summed E-state index contributed by atoms with van der Waals surface area (Å²) in [6, 6.07) is -0.220. The summed E-state index contributed by atoms with van der Waals surface area (Å²) in [5.74, 6) is 0.817. The highest BCUT2D eigenvalue weighted by Gasteiger charge is 2.53. The van der Waals surface area contributed by atoms with Crippen LogP contribution in [0, 0.1) is 0 Å². The van der Waals surface area contributed by atoms with Crippen molar-refractivity contribution < 1.29 is 33.4 Å². The van der Waals surface area contributed by atoms with E-state index in [-0.39, 0.29) is 35.0 Å². The summed E-state index contributed by atoms with van der Waals surface area (Å²) in [6.07, 6.45) is 7.76. The molecule has 2 aliphatic rings. The molecule has 0 bridgehead atoms. The van der Waals surface area contributed by atoms with Gasteiger partial charge in [-0.1, -0.05) is 6.42 Å². The van der Waals surface area contributed by atoms with Crippen molar-refractivity contribution in [3.8, 4) is 0 Å². The number of thioether (sulfide) groups is 1. The molecule has 3 atom stereocenters. The van der Waals surface area contributed by atoms with Crippen LogP contribution in [0.1, 0.15) is 70.6 Å². The molecule has 2 aliphatic heterocycles. The Kier molecular flexibility index (Phi) is 20.9. The first-order chi connectivity index (χ1) is 22.2. The molecule has 7 N–H and O–H groups in total. The van der Waals surface area contributed by atoms with Crippen LogP contribution in [-0.4, -0.2) is 131 Å². The van der Waals surface area contributed by atoms with Crippen molar-refractivity contribution in [2.45, 2.75) is 87.6 Å². The molecule has 2 saturated heterocycles. The van der Waals surface area contributed by atoms with Gasteiger partial charge in [-0.2, -0.15) is 11.8 Å². The standard InChI is InChI=1S/C31H59N7O7S/c1-38(2)17-6-5-14-33-28(40)12-7-13-29(41)35-16-9-19-44-21-23-45-22-20-43-18-8-15-34-27(39)11-4-3-10-26-31(32)25(24-46-26)36-30(42)37-31/h25-26H,3-24,32H2,1-2H3,(H,33,40)(H,34,39)(H,35,41)(H2,36,37,42)/t25-,26-,31-/m0/s1. The van der Waals surface area contributed by atoms with E-state index in [0.29, 0.717) is 91.4 Å². The molecule has 46 heavy (non-hydrogen) atoms. The minimum atomic E-state index is -0.681. The number of rotatable bonds is 28. The SMILES string of the molecule is CN(C)CCCCNC(=O)CCCC(=O)NCCCOCCOCCOCCCNC(=O)CCCC[C@@H]1SC[C@@H]2NC(=O)N[C@@]21N. The number of nitrogens with two attached hydrogens (primary N) is 1. The predicted octanol–water partition coefficient (Wildman–Crippen LogP) is 0.689. The van der Waals surface area contributed by atoms with Crippen LogP contribution in [0.5, 0.6) is 0 Å². The molecule has 15 heteroatoms. The molecular weight excluding hydrogens is 614 g/mol. The Balaban J connectivity index is 1.26. The van der Waals surface area contributed by atoms with Gasteiger partial charge in [0, 0.05) is 63.1 Å². The molecule has 0 spiro atoms. The van der Waals surface area contributed by atoms with E-state index in [0.717, 1.165) is 50.8 Å². The summed E-state index contributed by atoms with van der Waals surface area (Å²) in [5, 5.41) is 14.6. The van der Waals surface area contributed by atoms with Gasteiger partial charge < -0.3 is 51.4 Å². The first-order valence-electron chi connectivity index (χ1n) is 16.9. The molecule has 0 saturated carbocycles. The van der Waals surface area contributed by atoms with Crippen molar-refractivity contribution in [3.63, 3.8) is 0 Å². The van der Waals surface area contributed by atoms with Crippen LogP contribution < -0.4 is 32.3 Å². The maximum atomic E-state index is 12.1. The number of amides is 5. The Morgan fingerprint density at radius 1 is 0.783 bits per heavy atom. The molecule has 0 aromatic carbocycles. The molecule has 5 amide bonds. The number of hydrogen-bond acceptors (Lipinski definition) is 10. The van der Waals surface area contributed by atoms with Gasteiger partial charge in [0.2, 0.25) is 17.7 Å². The minimum absolute atomic E-state index is 0.00335. The summed E-state index contributed by atoms with van der Waals surface area (Å²) < 4.78 is 16.6. The lowest BCUT2D eigenvalue weighted by molar-refractivity contribution is -0.123. The van der Waals surface area contributed by atoms with E-state index < -0.39 is 5.66 Å². The fourth-order valence-electron chi connectivity index (χ4n) is 5.17. The molecule has 0 aromatic rings. The van der Waals surface area contributed by atoms with E-state index in [2.05, 4.69) is 31.5 Å². The van der Waals surface area contributed by atoms with E-state index in [4.69, 9.17) is 19.9 Å². The minimum Gasteiger partial charge on any atom is -0.379 e. The molecular formula is C31H59N7O7S. The third kappa shape index (κ3) is 17.7. The van der Waals surface area contributed by atoms with Crippen LogP contribution >= 0.6 is 11.8 Å². The van der Waals surface area contributed by atoms with Gasteiger partial charge in [0.1, 0.15) is 5.66 Å². The van der Waals surface area contributed by atoms with Crippen LogP contribution in [0.4, 0.5) is 4.79 Å². The lowest BCUT2D eigenvalue weighted by Gasteiger charge is -2.29. The number of unbranched alkanes of at least 4 members (excludes halogenated alkanes) is 2. The number of carbonyl (C=O) groups is 4. The van der Waals surface area contributed by atoms with Gasteiger partial charge in [0.15, 0.2) is 0 Å². The molecule has 2 heterocycles. The Bertz CT molecular complexity index is 901. The maximum absolute atomic E-state index is 12.1. The van der Waals surface area contributed by atoms with Crippen LogP contribution in [0.2, 0.25) is 0 Å². The fraction of sp³-hybridized carbons (Fsp3) is 0.871. The van der Waals surface area contributed by atoms with Gasteiger partial charge in [-0.3, -0.25) is 14.4 Å².